The molecule has 0 fully saturated rings. The van der Waals surface area contributed by atoms with Crippen LogP contribution >= 0.6 is 0 Å². The first-order valence-electron chi connectivity index (χ1n) is 9.11. The Hall–Kier alpha value is -3.57. The summed E-state index contributed by atoms with van der Waals surface area (Å²) < 4.78 is 81.4. The van der Waals surface area contributed by atoms with Gasteiger partial charge >= 0.3 is 12.4 Å². The predicted octanol–water partition coefficient (Wildman–Crippen LogP) is 4.72. The predicted molar refractivity (Wildman–Crippen MR) is 100 cm³/mol. The summed E-state index contributed by atoms with van der Waals surface area (Å²) in [6, 6.07) is 6.41. The molecule has 1 amide bonds. The van der Waals surface area contributed by atoms with Crippen molar-refractivity contribution in [3.8, 4) is 11.4 Å². The second kappa shape index (κ2) is 8.89. The monoisotopic (exact) mass is 458 g/mol. The molecule has 32 heavy (non-hydrogen) atoms. The van der Waals surface area contributed by atoms with E-state index in [0.29, 0.717) is 5.69 Å². The van der Waals surface area contributed by atoms with Gasteiger partial charge in [0, 0.05) is 18.1 Å². The number of nitrogens with one attached hydrogen (secondary N) is 1. The van der Waals surface area contributed by atoms with Gasteiger partial charge in [-0.25, -0.2) is 4.98 Å². The number of halogens is 6. The van der Waals surface area contributed by atoms with Gasteiger partial charge in [0.1, 0.15) is 5.75 Å². The third-order valence-corrected chi connectivity index (χ3v) is 4.25. The zero-order chi connectivity index (χ0) is 23.5. The first-order valence-corrected chi connectivity index (χ1v) is 9.11. The first kappa shape index (κ1) is 23.1. The van der Waals surface area contributed by atoms with E-state index in [9.17, 15) is 31.1 Å². The molecule has 0 aliphatic rings. The highest BCUT2D eigenvalue weighted by Gasteiger charge is 2.31. The molecule has 0 aliphatic carbocycles. The van der Waals surface area contributed by atoms with Crippen LogP contribution in [0.1, 0.15) is 34.8 Å². The number of alkyl halides is 6. The van der Waals surface area contributed by atoms with Gasteiger partial charge in [0.25, 0.3) is 5.91 Å². The minimum absolute atomic E-state index is 0.0929. The molecule has 1 atom stereocenters. The number of hydrogen-bond acceptors (Lipinski definition) is 4. The summed E-state index contributed by atoms with van der Waals surface area (Å²) in [7, 11) is 0. The van der Waals surface area contributed by atoms with Crippen molar-refractivity contribution in [3.05, 3.63) is 72.1 Å². The Morgan fingerprint density at radius 3 is 2.50 bits per heavy atom. The largest absolute Gasteiger partial charge is 0.483 e. The number of aromatic nitrogens is 3. The van der Waals surface area contributed by atoms with Crippen molar-refractivity contribution in [1.82, 2.24) is 19.9 Å². The van der Waals surface area contributed by atoms with Gasteiger partial charge in [0.2, 0.25) is 5.82 Å². The topological polar surface area (TPSA) is 69.0 Å². The van der Waals surface area contributed by atoms with Gasteiger partial charge in [0.05, 0.1) is 23.5 Å². The molecule has 170 valence electrons. The molecule has 6 nitrogen and oxygen atoms in total. The number of nitrogens with zero attached hydrogens (tertiary/aromatic N) is 3. The van der Waals surface area contributed by atoms with Gasteiger partial charge in [-0.15, -0.1) is 0 Å². The molecule has 3 aromatic rings. The van der Waals surface area contributed by atoms with Crippen molar-refractivity contribution in [2.24, 2.45) is 0 Å². The second-order valence-corrected chi connectivity index (χ2v) is 6.69. The molecule has 2 heterocycles. The van der Waals surface area contributed by atoms with E-state index in [-0.39, 0.29) is 17.3 Å². The number of ether oxygens (including phenoxy) is 1. The van der Waals surface area contributed by atoms with E-state index in [1.54, 1.807) is 6.92 Å². The van der Waals surface area contributed by atoms with Crippen LogP contribution in [-0.4, -0.2) is 33.2 Å². The maximum Gasteiger partial charge on any atom is 0.422 e. The maximum absolute atomic E-state index is 13.0. The molecule has 0 saturated heterocycles. The zero-order valence-electron chi connectivity index (χ0n) is 16.4. The number of pyridine rings is 1. The van der Waals surface area contributed by atoms with Gasteiger partial charge in [-0.1, -0.05) is 6.07 Å². The van der Waals surface area contributed by atoms with E-state index in [1.165, 1.54) is 41.2 Å². The van der Waals surface area contributed by atoms with Crippen LogP contribution in [-0.2, 0) is 6.18 Å². The summed E-state index contributed by atoms with van der Waals surface area (Å²) >= 11 is 0. The third-order valence-electron chi connectivity index (χ3n) is 4.25. The number of benzene rings is 1. The molecular weight excluding hydrogens is 442 g/mol. The number of carbonyl (C=O) groups excluding carboxylic acids is 1. The Labute approximate surface area is 177 Å². The van der Waals surface area contributed by atoms with E-state index in [4.69, 9.17) is 0 Å². The van der Waals surface area contributed by atoms with Gasteiger partial charge in [0.15, 0.2) is 6.61 Å². The molecule has 0 radical (unpaired) electrons. The van der Waals surface area contributed by atoms with Crippen molar-refractivity contribution in [1.29, 1.82) is 0 Å². The van der Waals surface area contributed by atoms with Crippen molar-refractivity contribution >= 4 is 5.91 Å². The average molecular weight is 458 g/mol. The van der Waals surface area contributed by atoms with E-state index in [1.807, 2.05) is 0 Å². The third kappa shape index (κ3) is 5.77. The summed E-state index contributed by atoms with van der Waals surface area (Å²) in [5, 5.41) is 2.60. The number of amides is 1. The molecule has 0 spiro atoms. The van der Waals surface area contributed by atoms with Crippen LogP contribution in [0.4, 0.5) is 26.3 Å². The van der Waals surface area contributed by atoms with Crippen LogP contribution in [0.2, 0.25) is 0 Å². The lowest BCUT2D eigenvalue weighted by molar-refractivity contribution is -0.153. The molecule has 0 aliphatic heterocycles. The second-order valence-electron chi connectivity index (χ2n) is 6.69. The molecule has 1 N–H and O–H groups in total. The normalized spacial score (nSPS) is 13.0. The van der Waals surface area contributed by atoms with Gasteiger partial charge in [-0.3, -0.25) is 14.3 Å². The fraction of sp³-hybridized carbons (Fsp3) is 0.250. The first-order chi connectivity index (χ1) is 14.9. The number of carbonyl (C=O) groups is 1. The molecule has 12 heteroatoms. The number of rotatable bonds is 6. The lowest BCUT2D eigenvalue weighted by atomic mass is 10.2. The summed E-state index contributed by atoms with van der Waals surface area (Å²) in [4.78, 5) is 20.5. The fourth-order valence-corrected chi connectivity index (χ4v) is 2.75. The van der Waals surface area contributed by atoms with Crippen molar-refractivity contribution in [3.63, 3.8) is 0 Å². The van der Waals surface area contributed by atoms with Crippen molar-refractivity contribution in [2.45, 2.75) is 25.3 Å². The molecule has 1 unspecified atom stereocenters. The van der Waals surface area contributed by atoms with E-state index < -0.39 is 36.5 Å². The quantitative estimate of drug-likeness (QED) is 0.543. The van der Waals surface area contributed by atoms with Crippen LogP contribution in [0, 0.1) is 0 Å². The highest BCUT2D eigenvalue weighted by Crippen LogP contribution is 2.30. The van der Waals surface area contributed by atoms with Crippen LogP contribution in [0.5, 0.6) is 5.75 Å². The SMILES string of the molecule is CC(NC(=O)c1nccn1-c1cccc(C(F)(F)F)c1)c1ccc(OCC(F)(F)F)cn1. The van der Waals surface area contributed by atoms with E-state index >= 15 is 0 Å². The number of imidazole rings is 1. The standard InChI is InChI=1S/C20H16F6N4O2/c1-12(16-6-5-15(10-28-16)32-11-19(21,22)23)29-18(31)17-27-7-8-30(17)14-4-2-3-13(9-14)20(24,25)26/h2-10,12H,11H2,1H3,(H,29,31). The Kier molecular flexibility index (Phi) is 6.42. The zero-order valence-corrected chi connectivity index (χ0v) is 16.4. The highest BCUT2D eigenvalue weighted by atomic mass is 19.4. The van der Waals surface area contributed by atoms with Crippen LogP contribution < -0.4 is 10.1 Å². The molecule has 0 saturated carbocycles. The van der Waals surface area contributed by atoms with E-state index in [0.717, 1.165) is 18.3 Å². The fourth-order valence-electron chi connectivity index (χ4n) is 2.75. The van der Waals surface area contributed by atoms with Crippen LogP contribution in [0.15, 0.2) is 55.0 Å². The average Bonchev–Trinajstić information content (AvgIpc) is 3.22. The number of hydrogen-bond donors (Lipinski definition) is 1. The summed E-state index contributed by atoms with van der Waals surface area (Å²) in [6.45, 7) is 0.118. The minimum Gasteiger partial charge on any atom is -0.483 e. The molecule has 3 rings (SSSR count). The minimum atomic E-state index is -4.55. The Balaban J connectivity index is 1.72. The van der Waals surface area contributed by atoms with Gasteiger partial charge < -0.3 is 10.1 Å². The molecule has 2 aromatic heterocycles. The summed E-state index contributed by atoms with van der Waals surface area (Å²) in [5.41, 5.74) is -0.449. The molecule has 1 aromatic carbocycles. The highest BCUT2D eigenvalue weighted by molar-refractivity contribution is 5.91. The van der Waals surface area contributed by atoms with Gasteiger partial charge in [-0.2, -0.15) is 26.3 Å². The Bertz CT molecular complexity index is 1080. The maximum atomic E-state index is 13.0. The Morgan fingerprint density at radius 1 is 1.12 bits per heavy atom. The van der Waals surface area contributed by atoms with Gasteiger partial charge in [-0.05, 0) is 37.3 Å². The Morgan fingerprint density at radius 2 is 1.88 bits per heavy atom. The molecular formula is C20H16F6N4O2. The van der Waals surface area contributed by atoms with Crippen molar-refractivity contribution < 1.29 is 35.9 Å². The van der Waals surface area contributed by atoms with Crippen LogP contribution in [0.25, 0.3) is 5.69 Å². The smallest absolute Gasteiger partial charge is 0.422 e. The summed E-state index contributed by atoms with van der Waals surface area (Å²) in [5.74, 6) is -0.926. The lowest BCUT2D eigenvalue weighted by Crippen LogP contribution is -2.29. The van der Waals surface area contributed by atoms with Crippen LogP contribution in [0.3, 0.4) is 0 Å². The van der Waals surface area contributed by atoms with Crippen molar-refractivity contribution in [2.75, 3.05) is 6.61 Å². The lowest BCUT2D eigenvalue weighted by Gasteiger charge is -2.15. The summed E-state index contributed by atoms with van der Waals surface area (Å²) in [6.07, 6.45) is -5.32. The molecule has 0 bridgehead atoms. The van der Waals surface area contributed by atoms with E-state index in [2.05, 4.69) is 20.0 Å².